The van der Waals surface area contributed by atoms with Crippen molar-refractivity contribution in [1.82, 2.24) is 0 Å². The highest BCUT2D eigenvalue weighted by Crippen LogP contribution is 2.28. The second kappa shape index (κ2) is 6.31. The number of hydrogen-bond donors (Lipinski definition) is 1. The summed E-state index contributed by atoms with van der Waals surface area (Å²) in [6.07, 6.45) is 0. The summed E-state index contributed by atoms with van der Waals surface area (Å²) in [6.45, 7) is 0.490. The standard InChI is InChI=1S/C13H8BrCl3FN/c14-8-2-1-7(10(15)3-8)6-19-9-4-11(16)13(18)12(17)5-9/h1-5,19H,6H2. The lowest BCUT2D eigenvalue weighted by Gasteiger charge is -2.10. The summed E-state index contributed by atoms with van der Waals surface area (Å²) < 4.78 is 14.2. The highest BCUT2D eigenvalue weighted by molar-refractivity contribution is 9.10. The normalized spacial score (nSPS) is 10.6. The van der Waals surface area contributed by atoms with E-state index in [0.29, 0.717) is 17.3 Å². The molecule has 0 unspecified atom stereocenters. The van der Waals surface area contributed by atoms with Crippen LogP contribution in [0.3, 0.4) is 0 Å². The molecule has 1 nitrogen and oxygen atoms in total. The van der Waals surface area contributed by atoms with Crippen molar-refractivity contribution in [2.75, 3.05) is 5.32 Å². The lowest BCUT2D eigenvalue weighted by atomic mass is 10.2. The minimum Gasteiger partial charge on any atom is -0.381 e. The first kappa shape index (κ1) is 14.9. The number of halogens is 5. The molecule has 0 aliphatic rings. The Bertz CT molecular complexity index is 596. The summed E-state index contributed by atoms with van der Waals surface area (Å²) in [5.41, 5.74) is 1.55. The van der Waals surface area contributed by atoms with Crippen molar-refractivity contribution in [1.29, 1.82) is 0 Å². The predicted molar refractivity (Wildman–Crippen MR) is 82.9 cm³/mol. The number of anilines is 1. The van der Waals surface area contributed by atoms with Crippen LogP contribution >= 0.6 is 50.7 Å². The monoisotopic (exact) mass is 381 g/mol. The van der Waals surface area contributed by atoms with Crippen LogP contribution in [0.5, 0.6) is 0 Å². The molecular formula is C13H8BrCl3FN. The van der Waals surface area contributed by atoms with Crippen LogP contribution in [-0.4, -0.2) is 0 Å². The van der Waals surface area contributed by atoms with Crippen LogP contribution in [0, 0.1) is 5.82 Å². The average Bonchev–Trinajstić information content (AvgIpc) is 2.34. The van der Waals surface area contributed by atoms with Gasteiger partial charge in [0.05, 0.1) is 10.0 Å². The van der Waals surface area contributed by atoms with E-state index < -0.39 is 5.82 Å². The molecule has 0 heterocycles. The highest BCUT2D eigenvalue weighted by atomic mass is 79.9. The Morgan fingerprint density at radius 1 is 1.00 bits per heavy atom. The Morgan fingerprint density at radius 3 is 2.21 bits per heavy atom. The van der Waals surface area contributed by atoms with Crippen molar-refractivity contribution in [3.63, 3.8) is 0 Å². The molecule has 0 fully saturated rings. The molecule has 19 heavy (non-hydrogen) atoms. The second-order valence-corrected chi connectivity index (χ2v) is 5.98. The van der Waals surface area contributed by atoms with Gasteiger partial charge in [-0.25, -0.2) is 4.39 Å². The van der Waals surface area contributed by atoms with Gasteiger partial charge in [0.1, 0.15) is 0 Å². The molecule has 2 aromatic carbocycles. The van der Waals surface area contributed by atoms with E-state index in [1.807, 2.05) is 18.2 Å². The maximum atomic E-state index is 13.3. The summed E-state index contributed by atoms with van der Waals surface area (Å²) in [7, 11) is 0. The topological polar surface area (TPSA) is 12.0 Å². The molecule has 0 saturated carbocycles. The zero-order valence-corrected chi connectivity index (χ0v) is 13.3. The first-order valence-corrected chi connectivity index (χ1v) is 7.22. The smallest absolute Gasteiger partial charge is 0.160 e. The van der Waals surface area contributed by atoms with Gasteiger partial charge in [-0.1, -0.05) is 56.8 Å². The third-order valence-electron chi connectivity index (χ3n) is 2.48. The summed E-state index contributed by atoms with van der Waals surface area (Å²) in [6, 6.07) is 8.56. The molecule has 0 aromatic heterocycles. The second-order valence-electron chi connectivity index (χ2n) is 3.84. The molecule has 2 aromatic rings. The predicted octanol–water partition coefficient (Wildman–Crippen LogP) is 6.16. The quantitative estimate of drug-likeness (QED) is 0.626. The number of nitrogens with one attached hydrogen (secondary N) is 1. The van der Waals surface area contributed by atoms with Crippen LogP contribution < -0.4 is 5.32 Å². The van der Waals surface area contributed by atoms with Gasteiger partial charge in [-0.15, -0.1) is 0 Å². The molecule has 0 aliphatic heterocycles. The van der Waals surface area contributed by atoms with Crippen molar-refractivity contribution in [3.05, 3.63) is 61.3 Å². The molecule has 6 heteroatoms. The van der Waals surface area contributed by atoms with Crippen molar-refractivity contribution in [3.8, 4) is 0 Å². The van der Waals surface area contributed by atoms with Gasteiger partial charge < -0.3 is 5.32 Å². The van der Waals surface area contributed by atoms with E-state index in [2.05, 4.69) is 21.2 Å². The minimum absolute atomic E-state index is 0.0168. The number of rotatable bonds is 3. The zero-order chi connectivity index (χ0) is 14.0. The third kappa shape index (κ3) is 3.76. The Morgan fingerprint density at radius 2 is 1.63 bits per heavy atom. The van der Waals surface area contributed by atoms with Gasteiger partial charge in [-0.3, -0.25) is 0 Å². The third-order valence-corrected chi connectivity index (χ3v) is 3.88. The summed E-state index contributed by atoms with van der Waals surface area (Å²) in [5.74, 6) is -0.615. The molecular weight excluding hydrogens is 375 g/mol. The van der Waals surface area contributed by atoms with E-state index >= 15 is 0 Å². The maximum Gasteiger partial charge on any atom is 0.160 e. The van der Waals surface area contributed by atoms with Crippen molar-refractivity contribution in [2.45, 2.75) is 6.54 Å². The highest BCUT2D eigenvalue weighted by Gasteiger charge is 2.08. The SMILES string of the molecule is Fc1c(Cl)cc(NCc2ccc(Br)cc2Cl)cc1Cl. The molecule has 1 N–H and O–H groups in total. The Hall–Kier alpha value is -0.480. The van der Waals surface area contributed by atoms with Crippen LogP contribution in [0.2, 0.25) is 15.1 Å². The molecule has 0 atom stereocenters. The largest absolute Gasteiger partial charge is 0.381 e. The molecule has 0 saturated heterocycles. The van der Waals surface area contributed by atoms with Gasteiger partial charge in [0.15, 0.2) is 5.82 Å². The fraction of sp³-hybridized carbons (Fsp3) is 0.0769. The van der Waals surface area contributed by atoms with Crippen LogP contribution in [0.4, 0.5) is 10.1 Å². The maximum absolute atomic E-state index is 13.3. The van der Waals surface area contributed by atoms with Crippen molar-refractivity contribution < 1.29 is 4.39 Å². The number of hydrogen-bond acceptors (Lipinski definition) is 1. The molecule has 0 radical (unpaired) electrons. The zero-order valence-electron chi connectivity index (χ0n) is 9.48. The van der Waals surface area contributed by atoms with Crippen molar-refractivity contribution in [2.24, 2.45) is 0 Å². The van der Waals surface area contributed by atoms with Crippen LogP contribution in [-0.2, 0) is 6.54 Å². The van der Waals surface area contributed by atoms with Gasteiger partial charge in [-0.2, -0.15) is 0 Å². The van der Waals surface area contributed by atoms with E-state index in [1.54, 1.807) is 0 Å². The van der Waals surface area contributed by atoms with E-state index in [9.17, 15) is 4.39 Å². The summed E-state index contributed by atoms with van der Waals surface area (Å²) >= 11 is 20.9. The summed E-state index contributed by atoms with van der Waals surface area (Å²) in [4.78, 5) is 0. The van der Waals surface area contributed by atoms with Gasteiger partial charge in [0.2, 0.25) is 0 Å². The number of benzene rings is 2. The minimum atomic E-state index is -0.615. The van der Waals surface area contributed by atoms with Crippen LogP contribution in [0.1, 0.15) is 5.56 Å². The van der Waals surface area contributed by atoms with Gasteiger partial charge in [0.25, 0.3) is 0 Å². The molecule has 0 spiro atoms. The molecule has 0 amide bonds. The lowest BCUT2D eigenvalue weighted by Crippen LogP contribution is -2.00. The fourth-order valence-electron chi connectivity index (χ4n) is 1.52. The Kier molecular flexibility index (Phi) is 4.96. The Labute approximate surface area is 133 Å². The molecule has 2 rings (SSSR count). The molecule has 0 aliphatic carbocycles. The van der Waals surface area contributed by atoms with Gasteiger partial charge >= 0.3 is 0 Å². The summed E-state index contributed by atoms with van der Waals surface area (Å²) in [5, 5.41) is 3.70. The lowest BCUT2D eigenvalue weighted by molar-refractivity contribution is 0.629. The fourth-order valence-corrected chi connectivity index (χ4v) is 2.75. The van der Waals surface area contributed by atoms with Crippen LogP contribution in [0.15, 0.2) is 34.8 Å². The van der Waals surface area contributed by atoms with E-state index in [4.69, 9.17) is 34.8 Å². The van der Waals surface area contributed by atoms with Gasteiger partial charge in [0, 0.05) is 21.7 Å². The van der Waals surface area contributed by atoms with Crippen molar-refractivity contribution >= 4 is 56.4 Å². The molecule has 100 valence electrons. The molecule has 0 bridgehead atoms. The Balaban J connectivity index is 2.14. The van der Waals surface area contributed by atoms with Crippen LogP contribution in [0.25, 0.3) is 0 Å². The van der Waals surface area contributed by atoms with E-state index in [-0.39, 0.29) is 10.0 Å². The first-order valence-electron chi connectivity index (χ1n) is 5.29. The van der Waals surface area contributed by atoms with E-state index in [1.165, 1.54) is 12.1 Å². The van der Waals surface area contributed by atoms with E-state index in [0.717, 1.165) is 10.0 Å². The van der Waals surface area contributed by atoms with Gasteiger partial charge in [-0.05, 0) is 29.8 Å². The first-order chi connectivity index (χ1) is 8.97. The average molecular weight is 383 g/mol.